The molecule has 4 nitrogen and oxygen atoms in total. The summed E-state index contributed by atoms with van der Waals surface area (Å²) in [5.74, 6) is -0.140. The van der Waals surface area contributed by atoms with Crippen molar-refractivity contribution >= 4 is 17.2 Å². The smallest absolute Gasteiger partial charge is 0.258 e. The van der Waals surface area contributed by atoms with Gasteiger partial charge in [-0.3, -0.25) is 9.78 Å². The van der Waals surface area contributed by atoms with E-state index in [0.29, 0.717) is 12.3 Å². The monoisotopic (exact) mass is 342 g/mol. The molecule has 3 rings (SSSR count). The fourth-order valence-electron chi connectivity index (χ4n) is 2.09. The molecule has 6 heteroatoms. The Hall–Kier alpha value is -2.73. The molecule has 2 aromatic heterocycles. The van der Waals surface area contributed by atoms with Crippen molar-refractivity contribution in [1.82, 2.24) is 10.3 Å². The van der Waals surface area contributed by atoms with Crippen LogP contribution in [0.3, 0.4) is 0 Å². The molecule has 0 saturated carbocycles. The predicted octanol–water partition coefficient (Wildman–Crippen LogP) is 3.64. The molecule has 0 saturated heterocycles. The maximum atomic E-state index is 12.8. The molecule has 0 aliphatic heterocycles. The van der Waals surface area contributed by atoms with Crippen LogP contribution in [-0.4, -0.2) is 17.5 Å². The van der Waals surface area contributed by atoms with Crippen molar-refractivity contribution in [2.24, 2.45) is 0 Å². The molecule has 1 aromatic carbocycles. The van der Waals surface area contributed by atoms with Gasteiger partial charge in [0, 0.05) is 29.4 Å². The van der Waals surface area contributed by atoms with Gasteiger partial charge in [-0.05, 0) is 47.3 Å². The minimum Gasteiger partial charge on any atom is -0.484 e. The fourth-order valence-corrected chi connectivity index (χ4v) is 2.80. The van der Waals surface area contributed by atoms with Crippen LogP contribution in [0.1, 0.15) is 5.56 Å². The number of rotatable bonds is 6. The zero-order chi connectivity index (χ0) is 16.8. The number of thiophene rings is 1. The van der Waals surface area contributed by atoms with E-state index < -0.39 is 0 Å². The second-order valence-corrected chi connectivity index (χ2v) is 6.03. The van der Waals surface area contributed by atoms with Crippen LogP contribution in [0.15, 0.2) is 60.2 Å². The van der Waals surface area contributed by atoms with Gasteiger partial charge in [-0.15, -0.1) is 11.3 Å². The molecule has 0 spiro atoms. The lowest BCUT2D eigenvalue weighted by Crippen LogP contribution is -2.28. The minimum absolute atomic E-state index is 0.121. The summed E-state index contributed by atoms with van der Waals surface area (Å²) in [6.45, 7) is 0.251. The fraction of sp³-hybridized carbons (Fsp3) is 0.111. The molecule has 1 N–H and O–H groups in total. The Morgan fingerprint density at radius 1 is 1.21 bits per heavy atom. The topological polar surface area (TPSA) is 51.2 Å². The average molecular weight is 342 g/mol. The normalized spacial score (nSPS) is 10.4. The first-order chi connectivity index (χ1) is 11.7. The van der Waals surface area contributed by atoms with E-state index in [2.05, 4.69) is 10.3 Å². The number of halogens is 1. The van der Waals surface area contributed by atoms with Gasteiger partial charge in [-0.25, -0.2) is 4.39 Å². The molecule has 0 unspecified atom stereocenters. The van der Waals surface area contributed by atoms with E-state index in [0.717, 1.165) is 16.0 Å². The van der Waals surface area contributed by atoms with Gasteiger partial charge in [0.15, 0.2) is 6.61 Å². The van der Waals surface area contributed by atoms with Crippen LogP contribution in [0.25, 0.3) is 10.4 Å². The first-order valence-corrected chi connectivity index (χ1v) is 8.21. The molecule has 0 fully saturated rings. The van der Waals surface area contributed by atoms with Gasteiger partial charge in [0.1, 0.15) is 11.6 Å². The highest BCUT2D eigenvalue weighted by atomic mass is 32.1. The molecular formula is C18H15FN2O2S. The third-order valence-corrected chi connectivity index (χ3v) is 4.19. The third-order valence-electron chi connectivity index (χ3n) is 3.27. The van der Waals surface area contributed by atoms with Crippen molar-refractivity contribution in [2.45, 2.75) is 6.54 Å². The van der Waals surface area contributed by atoms with Crippen molar-refractivity contribution < 1.29 is 13.9 Å². The van der Waals surface area contributed by atoms with Crippen molar-refractivity contribution in [3.05, 3.63) is 71.6 Å². The first kappa shape index (κ1) is 16.1. The van der Waals surface area contributed by atoms with E-state index in [1.54, 1.807) is 23.7 Å². The Morgan fingerprint density at radius 3 is 2.79 bits per heavy atom. The Morgan fingerprint density at radius 2 is 2.04 bits per heavy atom. The number of carbonyl (C=O) groups is 1. The second kappa shape index (κ2) is 7.70. The zero-order valence-corrected chi connectivity index (χ0v) is 13.6. The van der Waals surface area contributed by atoms with Gasteiger partial charge in [0.05, 0.1) is 0 Å². The van der Waals surface area contributed by atoms with Gasteiger partial charge >= 0.3 is 0 Å². The number of ether oxygens (including phenoxy) is 1. The third kappa shape index (κ3) is 4.39. The molecule has 0 aliphatic carbocycles. The number of amides is 1. The van der Waals surface area contributed by atoms with Crippen molar-refractivity contribution in [1.29, 1.82) is 0 Å². The summed E-state index contributed by atoms with van der Waals surface area (Å²) in [5, 5.41) is 4.79. The number of carbonyl (C=O) groups excluding carboxylic acids is 1. The summed E-state index contributed by atoms with van der Waals surface area (Å²) < 4.78 is 18.1. The lowest BCUT2D eigenvalue weighted by molar-refractivity contribution is -0.123. The van der Waals surface area contributed by atoms with E-state index in [-0.39, 0.29) is 18.3 Å². The second-order valence-electron chi connectivity index (χ2n) is 5.08. The lowest BCUT2D eigenvalue weighted by atomic mass is 10.2. The lowest BCUT2D eigenvalue weighted by Gasteiger charge is -2.08. The number of pyridine rings is 1. The number of benzene rings is 1. The van der Waals surface area contributed by atoms with Crippen molar-refractivity contribution in [3.63, 3.8) is 0 Å². The van der Waals surface area contributed by atoms with Crippen LogP contribution >= 0.6 is 11.3 Å². The summed E-state index contributed by atoms with van der Waals surface area (Å²) in [4.78, 5) is 17.2. The summed E-state index contributed by atoms with van der Waals surface area (Å²) >= 11 is 1.64. The number of nitrogens with zero attached hydrogens (tertiary/aromatic N) is 1. The largest absolute Gasteiger partial charge is 0.484 e. The summed E-state index contributed by atoms with van der Waals surface area (Å²) in [5.41, 5.74) is 1.94. The SMILES string of the molecule is O=C(COc1ccc(F)cc1)NCc1cncc(-c2cccs2)c1. The van der Waals surface area contributed by atoms with E-state index in [4.69, 9.17) is 4.74 Å². The standard InChI is InChI=1S/C18H15FN2O2S/c19-15-3-5-16(6-4-15)23-12-18(22)21-10-13-8-14(11-20-9-13)17-2-1-7-24-17/h1-9,11H,10,12H2,(H,21,22). The predicted molar refractivity (Wildman–Crippen MR) is 91.3 cm³/mol. The Balaban J connectivity index is 1.51. The molecule has 0 aliphatic rings. The van der Waals surface area contributed by atoms with Gasteiger partial charge in [-0.2, -0.15) is 0 Å². The molecule has 1 amide bonds. The van der Waals surface area contributed by atoms with Gasteiger partial charge in [0.25, 0.3) is 5.91 Å². The maximum absolute atomic E-state index is 12.8. The average Bonchev–Trinajstić information content (AvgIpc) is 3.14. The van der Waals surface area contributed by atoms with Crippen LogP contribution in [0.5, 0.6) is 5.75 Å². The molecule has 24 heavy (non-hydrogen) atoms. The van der Waals surface area contributed by atoms with Gasteiger partial charge < -0.3 is 10.1 Å². The molecule has 0 atom stereocenters. The summed E-state index contributed by atoms with van der Waals surface area (Å²) in [6.07, 6.45) is 3.52. The highest BCUT2D eigenvalue weighted by molar-refractivity contribution is 7.13. The van der Waals surface area contributed by atoms with Crippen LogP contribution in [-0.2, 0) is 11.3 Å². The Kier molecular flexibility index (Phi) is 5.18. The Bertz CT molecular complexity index is 804. The molecule has 0 radical (unpaired) electrons. The summed E-state index contributed by atoms with van der Waals surface area (Å²) in [6, 6.07) is 11.6. The van der Waals surface area contributed by atoms with Crippen LogP contribution in [0.2, 0.25) is 0 Å². The molecule has 3 aromatic rings. The minimum atomic E-state index is -0.343. The van der Waals surface area contributed by atoms with E-state index in [9.17, 15) is 9.18 Å². The number of aromatic nitrogens is 1. The molecular weight excluding hydrogens is 327 g/mol. The number of nitrogens with one attached hydrogen (secondary N) is 1. The van der Waals surface area contributed by atoms with Crippen molar-refractivity contribution in [3.8, 4) is 16.2 Å². The molecule has 0 bridgehead atoms. The highest BCUT2D eigenvalue weighted by Gasteiger charge is 2.05. The van der Waals surface area contributed by atoms with E-state index in [1.165, 1.54) is 24.3 Å². The first-order valence-electron chi connectivity index (χ1n) is 7.33. The molecule has 2 heterocycles. The van der Waals surface area contributed by atoms with Gasteiger partial charge in [0.2, 0.25) is 0 Å². The van der Waals surface area contributed by atoms with Crippen LogP contribution in [0.4, 0.5) is 4.39 Å². The zero-order valence-electron chi connectivity index (χ0n) is 12.7. The van der Waals surface area contributed by atoms with E-state index >= 15 is 0 Å². The van der Waals surface area contributed by atoms with Crippen molar-refractivity contribution in [2.75, 3.05) is 6.61 Å². The number of hydrogen-bond acceptors (Lipinski definition) is 4. The Labute approximate surface area is 142 Å². The van der Waals surface area contributed by atoms with Crippen LogP contribution in [0, 0.1) is 5.82 Å². The quantitative estimate of drug-likeness (QED) is 0.744. The van der Waals surface area contributed by atoms with E-state index in [1.807, 2.05) is 23.6 Å². The maximum Gasteiger partial charge on any atom is 0.258 e. The number of hydrogen-bond donors (Lipinski definition) is 1. The summed E-state index contributed by atoms with van der Waals surface area (Å²) in [7, 11) is 0. The highest BCUT2D eigenvalue weighted by Crippen LogP contribution is 2.24. The van der Waals surface area contributed by atoms with Gasteiger partial charge in [-0.1, -0.05) is 6.07 Å². The van der Waals surface area contributed by atoms with Crippen LogP contribution < -0.4 is 10.1 Å². The molecule has 122 valence electrons.